The van der Waals surface area contributed by atoms with Crippen molar-refractivity contribution in [2.45, 2.75) is 52.1 Å². The van der Waals surface area contributed by atoms with Crippen molar-refractivity contribution in [1.29, 1.82) is 0 Å². The third-order valence-electron chi connectivity index (χ3n) is 4.01. The number of para-hydroxylation sites is 1. The maximum Gasteiger partial charge on any atom is 0.170 e. The molecular weight excluding hydrogens is 280 g/mol. The zero-order valence-electron chi connectivity index (χ0n) is 13.1. The average molecular weight is 306 g/mol. The SMILES string of the molecule is CCc1cccc(CC)c1NC(=S)NCCC1CCCO1. The Kier molecular flexibility index (Phi) is 6.46. The first-order valence-corrected chi connectivity index (χ1v) is 8.42. The number of hydrogen-bond acceptors (Lipinski definition) is 2. The van der Waals surface area contributed by atoms with Gasteiger partial charge < -0.3 is 15.4 Å². The minimum absolute atomic E-state index is 0.412. The second-order valence-corrected chi connectivity index (χ2v) is 5.87. The van der Waals surface area contributed by atoms with Gasteiger partial charge in [0.25, 0.3) is 0 Å². The molecule has 0 aromatic heterocycles. The van der Waals surface area contributed by atoms with Crippen molar-refractivity contribution in [3.63, 3.8) is 0 Å². The molecule has 2 N–H and O–H groups in total. The summed E-state index contributed by atoms with van der Waals surface area (Å²) < 4.78 is 5.62. The highest BCUT2D eigenvalue weighted by atomic mass is 32.1. The van der Waals surface area contributed by atoms with Gasteiger partial charge in [-0.15, -0.1) is 0 Å². The molecule has 21 heavy (non-hydrogen) atoms. The molecule has 1 fully saturated rings. The lowest BCUT2D eigenvalue weighted by molar-refractivity contribution is 0.105. The van der Waals surface area contributed by atoms with Crippen LogP contribution in [0.5, 0.6) is 0 Å². The van der Waals surface area contributed by atoms with Crippen molar-refractivity contribution in [1.82, 2.24) is 5.32 Å². The Bertz CT molecular complexity index is 448. The van der Waals surface area contributed by atoms with Gasteiger partial charge in [0.2, 0.25) is 0 Å². The first kappa shape index (κ1) is 16.2. The van der Waals surface area contributed by atoms with Gasteiger partial charge in [-0.2, -0.15) is 0 Å². The van der Waals surface area contributed by atoms with Gasteiger partial charge in [0.05, 0.1) is 6.10 Å². The third kappa shape index (κ3) is 4.68. The Morgan fingerprint density at radius 2 is 2.00 bits per heavy atom. The molecule has 1 aromatic carbocycles. The first-order valence-electron chi connectivity index (χ1n) is 8.01. The van der Waals surface area contributed by atoms with E-state index in [1.807, 2.05) is 0 Å². The van der Waals surface area contributed by atoms with Crippen LogP contribution in [0, 0.1) is 0 Å². The van der Waals surface area contributed by atoms with Crippen LogP contribution in [-0.2, 0) is 17.6 Å². The number of hydrogen-bond donors (Lipinski definition) is 2. The minimum atomic E-state index is 0.412. The van der Waals surface area contributed by atoms with Crippen LogP contribution in [0.25, 0.3) is 0 Å². The minimum Gasteiger partial charge on any atom is -0.378 e. The highest BCUT2D eigenvalue weighted by Crippen LogP contribution is 2.22. The molecule has 1 saturated heterocycles. The molecule has 0 radical (unpaired) electrons. The molecule has 1 unspecified atom stereocenters. The van der Waals surface area contributed by atoms with E-state index in [4.69, 9.17) is 17.0 Å². The van der Waals surface area contributed by atoms with Crippen LogP contribution in [0.4, 0.5) is 5.69 Å². The molecular formula is C17H26N2OS. The van der Waals surface area contributed by atoms with Crippen molar-refractivity contribution in [3.8, 4) is 0 Å². The molecule has 1 heterocycles. The molecule has 1 aliphatic rings. The number of nitrogens with one attached hydrogen (secondary N) is 2. The van der Waals surface area contributed by atoms with Crippen LogP contribution < -0.4 is 10.6 Å². The Hall–Kier alpha value is -1.13. The number of benzene rings is 1. The summed E-state index contributed by atoms with van der Waals surface area (Å²) in [5, 5.41) is 7.40. The fourth-order valence-corrected chi connectivity index (χ4v) is 2.98. The normalized spacial score (nSPS) is 17.7. The van der Waals surface area contributed by atoms with Crippen LogP contribution in [0.1, 0.15) is 44.2 Å². The van der Waals surface area contributed by atoms with Crippen LogP contribution >= 0.6 is 12.2 Å². The van der Waals surface area contributed by atoms with Crippen molar-refractivity contribution < 1.29 is 4.74 Å². The average Bonchev–Trinajstić information content (AvgIpc) is 3.00. The molecule has 1 atom stereocenters. The van der Waals surface area contributed by atoms with Gasteiger partial charge in [0.1, 0.15) is 0 Å². The van der Waals surface area contributed by atoms with Crippen molar-refractivity contribution >= 4 is 23.0 Å². The highest BCUT2D eigenvalue weighted by molar-refractivity contribution is 7.80. The summed E-state index contributed by atoms with van der Waals surface area (Å²) in [4.78, 5) is 0. The summed E-state index contributed by atoms with van der Waals surface area (Å²) in [6, 6.07) is 6.45. The summed E-state index contributed by atoms with van der Waals surface area (Å²) in [6.07, 6.45) is 5.83. The van der Waals surface area contributed by atoms with E-state index >= 15 is 0 Å². The summed E-state index contributed by atoms with van der Waals surface area (Å²) >= 11 is 5.43. The van der Waals surface area contributed by atoms with Gasteiger partial charge in [-0.1, -0.05) is 32.0 Å². The van der Waals surface area contributed by atoms with Crippen LogP contribution in [0.2, 0.25) is 0 Å². The zero-order valence-corrected chi connectivity index (χ0v) is 13.9. The molecule has 1 aliphatic heterocycles. The van der Waals surface area contributed by atoms with Gasteiger partial charge >= 0.3 is 0 Å². The number of aryl methyl sites for hydroxylation is 2. The monoisotopic (exact) mass is 306 g/mol. The summed E-state index contributed by atoms with van der Waals surface area (Å²) in [5.74, 6) is 0. The van der Waals surface area contributed by atoms with E-state index in [0.717, 1.165) is 32.4 Å². The molecule has 3 nitrogen and oxygen atoms in total. The van der Waals surface area contributed by atoms with Gasteiger partial charge in [-0.25, -0.2) is 0 Å². The van der Waals surface area contributed by atoms with Crippen LogP contribution in [-0.4, -0.2) is 24.4 Å². The molecule has 0 aliphatic carbocycles. The molecule has 0 saturated carbocycles. The molecule has 0 amide bonds. The van der Waals surface area contributed by atoms with Crippen molar-refractivity contribution in [2.75, 3.05) is 18.5 Å². The van der Waals surface area contributed by atoms with Gasteiger partial charge in [0, 0.05) is 18.8 Å². The predicted octanol–water partition coefficient (Wildman–Crippen LogP) is 3.67. The van der Waals surface area contributed by atoms with E-state index < -0.39 is 0 Å². The van der Waals surface area contributed by atoms with E-state index in [0.29, 0.717) is 11.2 Å². The lowest BCUT2D eigenvalue weighted by atomic mass is 10.0. The maximum absolute atomic E-state index is 5.62. The predicted molar refractivity (Wildman–Crippen MR) is 93.0 cm³/mol. The molecule has 116 valence electrons. The Morgan fingerprint density at radius 3 is 2.57 bits per heavy atom. The highest BCUT2D eigenvalue weighted by Gasteiger charge is 2.15. The number of thiocarbonyl (C=S) groups is 1. The number of ether oxygens (including phenoxy) is 1. The Labute approximate surface area is 133 Å². The molecule has 0 spiro atoms. The molecule has 1 aromatic rings. The first-order chi connectivity index (χ1) is 10.2. The topological polar surface area (TPSA) is 33.3 Å². The smallest absolute Gasteiger partial charge is 0.170 e. The fraction of sp³-hybridized carbons (Fsp3) is 0.588. The second kappa shape index (κ2) is 8.35. The molecule has 4 heteroatoms. The van der Waals surface area contributed by atoms with Gasteiger partial charge in [-0.3, -0.25) is 0 Å². The quantitative estimate of drug-likeness (QED) is 0.786. The summed E-state index contributed by atoms with van der Waals surface area (Å²) in [5.41, 5.74) is 3.81. The zero-order chi connectivity index (χ0) is 15.1. The number of rotatable bonds is 6. The van der Waals surface area contributed by atoms with Gasteiger partial charge in [-0.05, 0) is 55.4 Å². The van der Waals surface area contributed by atoms with E-state index in [2.05, 4.69) is 42.7 Å². The summed E-state index contributed by atoms with van der Waals surface area (Å²) in [6.45, 7) is 6.13. The maximum atomic E-state index is 5.62. The lowest BCUT2D eigenvalue weighted by Gasteiger charge is -2.17. The summed E-state index contributed by atoms with van der Waals surface area (Å²) in [7, 11) is 0. The Morgan fingerprint density at radius 1 is 1.29 bits per heavy atom. The van der Waals surface area contributed by atoms with Crippen molar-refractivity contribution in [2.24, 2.45) is 0 Å². The third-order valence-corrected chi connectivity index (χ3v) is 4.26. The van der Waals surface area contributed by atoms with Crippen LogP contribution in [0.3, 0.4) is 0 Å². The van der Waals surface area contributed by atoms with E-state index in [9.17, 15) is 0 Å². The van der Waals surface area contributed by atoms with E-state index in [1.54, 1.807) is 0 Å². The standard InChI is InChI=1S/C17H26N2OS/c1-3-13-7-5-8-14(4-2)16(13)19-17(21)18-11-10-15-9-6-12-20-15/h5,7-8,15H,3-4,6,9-12H2,1-2H3,(H2,18,19,21). The van der Waals surface area contributed by atoms with Gasteiger partial charge in [0.15, 0.2) is 5.11 Å². The number of anilines is 1. The van der Waals surface area contributed by atoms with Crippen LogP contribution in [0.15, 0.2) is 18.2 Å². The largest absolute Gasteiger partial charge is 0.378 e. The van der Waals surface area contributed by atoms with E-state index in [-0.39, 0.29) is 0 Å². The Balaban J connectivity index is 1.86. The lowest BCUT2D eigenvalue weighted by Crippen LogP contribution is -2.31. The second-order valence-electron chi connectivity index (χ2n) is 5.46. The molecule has 0 bridgehead atoms. The van der Waals surface area contributed by atoms with E-state index in [1.165, 1.54) is 29.7 Å². The molecule has 2 rings (SSSR count). The van der Waals surface area contributed by atoms with Crippen molar-refractivity contribution in [3.05, 3.63) is 29.3 Å². The fourth-order valence-electron chi connectivity index (χ4n) is 2.78.